The second-order valence-electron chi connectivity index (χ2n) is 4.18. The average molecular weight is 455 g/mol. The maximum Gasteiger partial charge on any atom is 0.127 e. The van der Waals surface area contributed by atoms with Gasteiger partial charge in [0.15, 0.2) is 0 Å². The molecule has 1 nitrogen and oxygen atoms in total. The minimum atomic E-state index is -0.315. The number of benzene rings is 2. The number of nitrogens with two attached hydrogens (primary N) is 1. The van der Waals surface area contributed by atoms with Crippen molar-refractivity contribution in [2.24, 2.45) is 5.73 Å². The monoisotopic (exact) mass is 453 g/mol. The Labute approximate surface area is 138 Å². The molecular weight excluding hydrogens is 443 g/mol. The zero-order valence-electron chi connectivity index (χ0n) is 9.84. The molecule has 2 N–H and O–H groups in total. The quantitative estimate of drug-likeness (QED) is 0.643. The largest absolute Gasteiger partial charge is 0.324 e. The van der Waals surface area contributed by atoms with E-state index in [2.05, 4.69) is 38.5 Å². The van der Waals surface area contributed by atoms with Gasteiger partial charge in [-0.15, -0.1) is 0 Å². The van der Waals surface area contributed by atoms with Gasteiger partial charge in [0.25, 0.3) is 0 Å². The highest BCUT2D eigenvalue weighted by molar-refractivity contribution is 14.1. The normalized spacial score (nSPS) is 12.5. The van der Waals surface area contributed by atoms with Crippen LogP contribution in [-0.4, -0.2) is 0 Å². The highest BCUT2D eigenvalue weighted by Crippen LogP contribution is 2.29. The molecule has 0 aromatic heterocycles. The van der Waals surface area contributed by atoms with Gasteiger partial charge in [-0.25, -0.2) is 4.39 Å². The summed E-state index contributed by atoms with van der Waals surface area (Å²) >= 11 is 11.7. The van der Waals surface area contributed by atoms with Crippen molar-refractivity contribution in [3.05, 3.63) is 66.4 Å². The zero-order valence-corrected chi connectivity index (χ0v) is 14.3. The number of rotatable bonds is 3. The second-order valence-corrected chi connectivity index (χ2v) is 6.68. The first-order chi connectivity index (χ1) is 8.99. The van der Waals surface area contributed by atoms with Crippen LogP contribution in [0.5, 0.6) is 0 Å². The predicted molar refractivity (Wildman–Crippen MR) is 88.9 cm³/mol. The summed E-state index contributed by atoms with van der Waals surface area (Å²) in [6, 6.07) is 10.3. The van der Waals surface area contributed by atoms with Crippen molar-refractivity contribution >= 4 is 50.1 Å². The summed E-state index contributed by atoms with van der Waals surface area (Å²) in [6.07, 6.45) is 0.365. The van der Waals surface area contributed by atoms with Crippen LogP contribution in [0.25, 0.3) is 0 Å². The lowest BCUT2D eigenvalue weighted by Crippen LogP contribution is -2.15. The standard InChI is InChI=1S/C14H11BrClFIN/c15-11-5-4-8(18)6-9(11)14(19)7-10-12(16)2-1-3-13(10)17/h1-6,14H,7,19H2. The van der Waals surface area contributed by atoms with E-state index in [0.29, 0.717) is 17.0 Å². The molecule has 0 spiro atoms. The van der Waals surface area contributed by atoms with Gasteiger partial charge >= 0.3 is 0 Å². The molecule has 0 fully saturated rings. The van der Waals surface area contributed by atoms with Gasteiger partial charge in [-0.1, -0.05) is 33.6 Å². The lowest BCUT2D eigenvalue weighted by Gasteiger charge is -2.16. The van der Waals surface area contributed by atoms with Crippen LogP contribution in [0.1, 0.15) is 17.2 Å². The molecule has 100 valence electrons. The minimum Gasteiger partial charge on any atom is -0.324 e. The van der Waals surface area contributed by atoms with Crippen LogP contribution < -0.4 is 5.73 Å². The Hall–Kier alpha value is -0.170. The fraction of sp³-hybridized carbons (Fsp3) is 0.143. The number of hydrogen-bond acceptors (Lipinski definition) is 1. The van der Waals surface area contributed by atoms with Crippen LogP contribution >= 0.6 is 50.1 Å². The molecule has 5 heteroatoms. The van der Waals surface area contributed by atoms with Crippen LogP contribution in [0.15, 0.2) is 40.9 Å². The molecule has 2 rings (SSSR count). The summed E-state index contributed by atoms with van der Waals surface area (Å²) in [5.41, 5.74) is 7.59. The van der Waals surface area contributed by atoms with Gasteiger partial charge in [0.05, 0.1) is 0 Å². The van der Waals surface area contributed by atoms with E-state index < -0.39 is 0 Å². The molecule has 0 aliphatic rings. The molecule has 0 saturated carbocycles. The smallest absolute Gasteiger partial charge is 0.127 e. The zero-order chi connectivity index (χ0) is 14.0. The summed E-state index contributed by atoms with van der Waals surface area (Å²) in [4.78, 5) is 0. The SMILES string of the molecule is NC(Cc1c(F)cccc1Cl)c1cc(I)ccc1Br. The average Bonchev–Trinajstić information content (AvgIpc) is 2.37. The third-order valence-electron chi connectivity index (χ3n) is 2.84. The van der Waals surface area contributed by atoms with Gasteiger partial charge in [0, 0.05) is 24.7 Å². The van der Waals surface area contributed by atoms with E-state index in [1.165, 1.54) is 6.07 Å². The fourth-order valence-corrected chi connectivity index (χ4v) is 3.15. The van der Waals surface area contributed by atoms with Gasteiger partial charge < -0.3 is 5.73 Å². The Kier molecular flexibility index (Phi) is 5.22. The molecule has 0 heterocycles. The Morgan fingerprint density at radius 2 is 2.05 bits per heavy atom. The maximum absolute atomic E-state index is 13.8. The van der Waals surface area contributed by atoms with E-state index in [1.54, 1.807) is 12.1 Å². The van der Waals surface area contributed by atoms with Crippen LogP contribution in [0.4, 0.5) is 4.39 Å². The van der Waals surface area contributed by atoms with Crippen molar-refractivity contribution in [3.8, 4) is 0 Å². The first kappa shape index (κ1) is 15.2. The van der Waals surface area contributed by atoms with Crippen LogP contribution in [-0.2, 0) is 6.42 Å². The second kappa shape index (κ2) is 6.52. The van der Waals surface area contributed by atoms with Crippen molar-refractivity contribution in [2.75, 3.05) is 0 Å². The molecule has 1 unspecified atom stereocenters. The molecule has 0 amide bonds. The van der Waals surface area contributed by atoms with Crippen molar-refractivity contribution in [3.63, 3.8) is 0 Å². The van der Waals surface area contributed by atoms with Gasteiger partial charge in [0.2, 0.25) is 0 Å². The van der Waals surface area contributed by atoms with Crippen molar-refractivity contribution in [1.29, 1.82) is 0 Å². The first-order valence-corrected chi connectivity index (χ1v) is 7.87. The summed E-state index contributed by atoms with van der Waals surface area (Å²) in [5.74, 6) is -0.315. The van der Waals surface area contributed by atoms with Crippen LogP contribution in [0.3, 0.4) is 0 Å². The molecule has 0 bridgehead atoms. The predicted octanol–water partition coefficient (Wildman–Crippen LogP) is 5.09. The first-order valence-electron chi connectivity index (χ1n) is 5.62. The molecular formula is C14H11BrClFIN. The highest BCUT2D eigenvalue weighted by atomic mass is 127. The molecule has 0 aliphatic carbocycles. The van der Waals surface area contributed by atoms with E-state index in [4.69, 9.17) is 17.3 Å². The van der Waals surface area contributed by atoms with E-state index in [0.717, 1.165) is 13.6 Å². The van der Waals surface area contributed by atoms with Gasteiger partial charge in [0.1, 0.15) is 5.82 Å². The van der Waals surface area contributed by atoms with E-state index >= 15 is 0 Å². The minimum absolute atomic E-state index is 0.307. The Balaban J connectivity index is 2.31. The van der Waals surface area contributed by atoms with Gasteiger partial charge in [-0.05, 0) is 64.9 Å². The Morgan fingerprint density at radius 3 is 2.74 bits per heavy atom. The number of halogens is 4. The molecule has 0 aliphatic heterocycles. The fourth-order valence-electron chi connectivity index (χ4n) is 1.86. The molecule has 2 aromatic rings. The van der Waals surface area contributed by atoms with Crippen molar-refractivity contribution in [1.82, 2.24) is 0 Å². The third-order valence-corrected chi connectivity index (χ3v) is 4.59. The summed E-state index contributed by atoms with van der Waals surface area (Å²) < 4.78 is 15.8. The molecule has 2 aromatic carbocycles. The molecule has 1 atom stereocenters. The molecule has 19 heavy (non-hydrogen) atoms. The van der Waals surface area contributed by atoms with Gasteiger partial charge in [-0.3, -0.25) is 0 Å². The summed E-state index contributed by atoms with van der Waals surface area (Å²) in [7, 11) is 0. The third kappa shape index (κ3) is 3.68. The molecule has 0 radical (unpaired) electrons. The lowest BCUT2D eigenvalue weighted by atomic mass is 9.99. The Bertz CT molecular complexity index is 586. The van der Waals surface area contributed by atoms with Crippen molar-refractivity contribution in [2.45, 2.75) is 12.5 Å². The highest BCUT2D eigenvalue weighted by Gasteiger charge is 2.15. The number of hydrogen-bond donors (Lipinski definition) is 1. The lowest BCUT2D eigenvalue weighted by molar-refractivity contribution is 0.593. The maximum atomic E-state index is 13.8. The van der Waals surface area contributed by atoms with E-state index in [9.17, 15) is 4.39 Å². The van der Waals surface area contributed by atoms with Gasteiger partial charge in [-0.2, -0.15) is 0 Å². The summed E-state index contributed by atoms with van der Waals surface area (Å²) in [5, 5.41) is 0.414. The molecule has 0 saturated heterocycles. The topological polar surface area (TPSA) is 26.0 Å². The van der Waals surface area contributed by atoms with Crippen LogP contribution in [0.2, 0.25) is 5.02 Å². The Morgan fingerprint density at radius 1 is 1.32 bits per heavy atom. The van der Waals surface area contributed by atoms with E-state index in [1.807, 2.05) is 18.2 Å². The van der Waals surface area contributed by atoms with E-state index in [-0.39, 0.29) is 11.9 Å². The summed E-state index contributed by atoms with van der Waals surface area (Å²) in [6.45, 7) is 0. The van der Waals surface area contributed by atoms with Crippen LogP contribution in [0, 0.1) is 9.39 Å². The van der Waals surface area contributed by atoms with Crippen molar-refractivity contribution < 1.29 is 4.39 Å².